The van der Waals surface area contributed by atoms with Crippen molar-refractivity contribution in [3.63, 3.8) is 0 Å². The Bertz CT molecular complexity index is 1160. The zero-order valence-corrected chi connectivity index (χ0v) is 19.1. The molecule has 0 unspecified atom stereocenters. The third-order valence-corrected chi connectivity index (χ3v) is 6.36. The van der Waals surface area contributed by atoms with Gasteiger partial charge in [-0.3, -0.25) is 9.69 Å². The summed E-state index contributed by atoms with van der Waals surface area (Å²) in [6.07, 6.45) is 0.00703. The van der Waals surface area contributed by atoms with Gasteiger partial charge >= 0.3 is 5.97 Å². The molecule has 4 rings (SSSR count). The minimum absolute atomic E-state index is 0.00703. The molecule has 8 heteroatoms. The average Bonchev–Trinajstić information content (AvgIpc) is 3.36. The van der Waals surface area contributed by atoms with E-state index in [-0.39, 0.29) is 24.5 Å². The first-order chi connectivity index (χ1) is 15.4. The van der Waals surface area contributed by atoms with Gasteiger partial charge in [0.25, 0.3) is 0 Å². The molecule has 1 aliphatic rings. The van der Waals surface area contributed by atoms with E-state index in [0.29, 0.717) is 33.6 Å². The normalized spacial score (nSPS) is 16.8. The van der Waals surface area contributed by atoms with E-state index in [4.69, 9.17) is 14.2 Å². The Morgan fingerprint density at radius 3 is 2.69 bits per heavy atom. The number of ether oxygens (including phenoxy) is 3. The zero-order valence-electron chi connectivity index (χ0n) is 18.3. The predicted molar refractivity (Wildman–Crippen MR) is 122 cm³/mol. The number of nitrogens with zero attached hydrogens (tertiary/aromatic N) is 2. The maximum Gasteiger partial charge on any atom is 0.342 e. The summed E-state index contributed by atoms with van der Waals surface area (Å²) in [4.78, 5) is 31.1. The topological polar surface area (TPSA) is 78.0 Å². The number of anilines is 2. The van der Waals surface area contributed by atoms with Crippen LogP contribution in [0.5, 0.6) is 11.5 Å². The van der Waals surface area contributed by atoms with Crippen LogP contribution < -0.4 is 14.4 Å². The molecule has 1 amide bonds. The van der Waals surface area contributed by atoms with Gasteiger partial charge in [-0.25, -0.2) is 9.78 Å². The van der Waals surface area contributed by atoms with Crippen molar-refractivity contribution in [2.24, 2.45) is 0 Å². The van der Waals surface area contributed by atoms with Crippen molar-refractivity contribution in [2.75, 3.05) is 12.0 Å². The second-order valence-electron chi connectivity index (χ2n) is 7.56. The van der Waals surface area contributed by atoms with Gasteiger partial charge in [-0.2, -0.15) is 0 Å². The molecule has 1 aromatic heterocycles. The molecule has 32 heavy (non-hydrogen) atoms. The summed E-state index contributed by atoms with van der Waals surface area (Å²) in [5.74, 6) is 0.701. The molecule has 2 aromatic carbocycles. The van der Waals surface area contributed by atoms with Gasteiger partial charge in [0.05, 0.1) is 18.5 Å². The number of carbonyl (C=O) groups excluding carboxylic acids is 2. The van der Waals surface area contributed by atoms with Crippen LogP contribution in [0.3, 0.4) is 0 Å². The van der Waals surface area contributed by atoms with Gasteiger partial charge in [0.2, 0.25) is 5.91 Å². The van der Waals surface area contributed by atoms with E-state index in [1.165, 1.54) is 23.2 Å². The Morgan fingerprint density at radius 1 is 1.16 bits per heavy atom. The third-order valence-electron chi connectivity index (χ3n) is 5.49. The van der Waals surface area contributed by atoms with Crippen molar-refractivity contribution in [2.45, 2.75) is 39.4 Å². The van der Waals surface area contributed by atoms with Crippen LogP contribution in [0, 0.1) is 0 Å². The largest absolute Gasteiger partial charge is 0.495 e. The molecule has 3 aromatic rings. The Balaban J connectivity index is 1.51. The first kappa shape index (κ1) is 21.8. The number of esters is 1. The van der Waals surface area contributed by atoms with Gasteiger partial charge in [0, 0.05) is 23.8 Å². The minimum atomic E-state index is -0.467. The van der Waals surface area contributed by atoms with Gasteiger partial charge in [0.15, 0.2) is 5.13 Å². The van der Waals surface area contributed by atoms with E-state index in [2.05, 4.69) is 11.9 Å². The molecule has 0 N–H and O–H groups in total. The van der Waals surface area contributed by atoms with Crippen molar-refractivity contribution in [3.05, 3.63) is 64.7 Å². The Labute approximate surface area is 190 Å². The van der Waals surface area contributed by atoms with E-state index in [0.717, 1.165) is 5.56 Å². The molecule has 2 atom stereocenters. The summed E-state index contributed by atoms with van der Waals surface area (Å²) < 4.78 is 16.8. The summed E-state index contributed by atoms with van der Waals surface area (Å²) in [6.45, 7) is 5.51. The van der Waals surface area contributed by atoms with E-state index in [1.54, 1.807) is 30.7 Å². The molecule has 7 nitrogen and oxygen atoms in total. The fraction of sp³-hybridized carbons (Fsp3) is 0.292. The lowest BCUT2D eigenvalue weighted by atomic mass is 9.97. The smallest absolute Gasteiger partial charge is 0.342 e. The highest BCUT2D eigenvalue weighted by Crippen LogP contribution is 2.40. The maximum absolute atomic E-state index is 12.7. The molecule has 0 saturated carbocycles. The molecule has 2 heterocycles. The summed E-state index contributed by atoms with van der Waals surface area (Å²) in [5.41, 5.74) is 2.57. The van der Waals surface area contributed by atoms with Crippen molar-refractivity contribution in [1.29, 1.82) is 0 Å². The molecule has 0 spiro atoms. The van der Waals surface area contributed by atoms with Crippen LogP contribution in [0.1, 0.15) is 48.3 Å². The van der Waals surface area contributed by atoms with Crippen molar-refractivity contribution >= 4 is 34.0 Å². The van der Waals surface area contributed by atoms with E-state index >= 15 is 0 Å². The predicted octanol–water partition coefficient (Wildman–Crippen LogP) is 5.08. The second-order valence-corrected chi connectivity index (χ2v) is 8.40. The van der Waals surface area contributed by atoms with Crippen molar-refractivity contribution in [1.82, 2.24) is 4.98 Å². The van der Waals surface area contributed by atoms with Crippen molar-refractivity contribution in [3.8, 4) is 11.5 Å². The number of thiazole rings is 1. The molecule has 0 bridgehead atoms. The second kappa shape index (κ2) is 9.00. The number of carbonyl (C=O) groups is 2. The monoisotopic (exact) mass is 452 g/mol. The summed E-state index contributed by atoms with van der Waals surface area (Å²) >= 11 is 1.29. The first-order valence-electron chi connectivity index (χ1n) is 10.3. The number of benzene rings is 2. The number of hydrogen-bond acceptors (Lipinski definition) is 7. The number of rotatable bonds is 6. The summed E-state index contributed by atoms with van der Waals surface area (Å²) in [7, 11) is 1.55. The minimum Gasteiger partial charge on any atom is -0.495 e. The molecule has 0 saturated heterocycles. The van der Waals surface area contributed by atoms with Gasteiger partial charge in [-0.15, -0.1) is 11.3 Å². The Hall–Kier alpha value is -3.39. The van der Waals surface area contributed by atoms with Gasteiger partial charge in [0.1, 0.15) is 29.8 Å². The molecule has 1 aliphatic heterocycles. The summed E-state index contributed by atoms with van der Waals surface area (Å²) in [5, 5.41) is 2.24. The van der Waals surface area contributed by atoms with Crippen LogP contribution in [0.25, 0.3) is 0 Å². The fourth-order valence-electron chi connectivity index (χ4n) is 3.65. The molecule has 0 fully saturated rings. The highest BCUT2D eigenvalue weighted by molar-refractivity contribution is 7.14. The van der Waals surface area contributed by atoms with Crippen LogP contribution in [0.4, 0.5) is 10.8 Å². The lowest BCUT2D eigenvalue weighted by molar-refractivity contribution is -0.115. The molecular formula is C24H24N2O5S. The Morgan fingerprint density at radius 2 is 1.94 bits per heavy atom. The number of para-hydroxylation sites is 3. The standard InChI is InChI=1S/C24H24N2O5S/c1-14-15(2)31-22-18(14)8-7-9-19(22)23(28)30-12-17-13-32-24(25-17)26(16(3)27)20-10-5-6-11-21(20)29-4/h5-11,13-15H,12H2,1-4H3/t14-,15+/m0/s1. The van der Waals surface area contributed by atoms with Crippen LogP contribution in [0.15, 0.2) is 47.8 Å². The number of methoxy groups -OCH3 is 1. The van der Waals surface area contributed by atoms with Crippen LogP contribution in [-0.4, -0.2) is 30.1 Å². The molecule has 0 aliphatic carbocycles. The average molecular weight is 453 g/mol. The lowest BCUT2D eigenvalue weighted by Gasteiger charge is -2.20. The number of amides is 1. The maximum atomic E-state index is 12.7. The SMILES string of the molecule is COc1ccccc1N(C(C)=O)c1nc(COC(=O)c2cccc3c2O[C@H](C)[C@@H]3C)cs1. The molecular weight excluding hydrogens is 428 g/mol. The Kier molecular flexibility index (Phi) is 6.14. The zero-order chi connectivity index (χ0) is 22.8. The van der Waals surface area contributed by atoms with Crippen LogP contribution >= 0.6 is 11.3 Å². The van der Waals surface area contributed by atoms with Gasteiger partial charge < -0.3 is 14.2 Å². The number of fused-ring (bicyclic) bond motifs is 1. The highest BCUT2D eigenvalue weighted by atomic mass is 32.1. The van der Waals surface area contributed by atoms with Crippen LogP contribution in [-0.2, 0) is 16.1 Å². The summed E-state index contributed by atoms with van der Waals surface area (Å²) in [6, 6.07) is 12.7. The fourth-order valence-corrected chi connectivity index (χ4v) is 4.52. The number of hydrogen-bond donors (Lipinski definition) is 0. The molecule has 0 radical (unpaired) electrons. The molecule has 166 valence electrons. The quantitative estimate of drug-likeness (QED) is 0.486. The third kappa shape index (κ3) is 4.05. The van der Waals surface area contributed by atoms with Crippen molar-refractivity contribution < 1.29 is 23.8 Å². The van der Waals surface area contributed by atoms with Crippen LogP contribution in [0.2, 0.25) is 0 Å². The number of aromatic nitrogens is 1. The van der Waals surface area contributed by atoms with E-state index in [1.807, 2.05) is 31.2 Å². The van der Waals surface area contributed by atoms with E-state index in [9.17, 15) is 9.59 Å². The van der Waals surface area contributed by atoms with Gasteiger partial charge in [-0.05, 0) is 25.1 Å². The lowest BCUT2D eigenvalue weighted by Crippen LogP contribution is -2.23. The van der Waals surface area contributed by atoms with Gasteiger partial charge in [-0.1, -0.05) is 31.2 Å². The van der Waals surface area contributed by atoms with E-state index < -0.39 is 5.97 Å². The highest BCUT2D eigenvalue weighted by Gasteiger charge is 2.31. The first-order valence-corrected chi connectivity index (χ1v) is 11.1.